The minimum absolute atomic E-state index is 0.0535. The molecule has 3 rings (SSSR count). The normalized spacial score (nSPS) is 16.4. The first-order valence-corrected chi connectivity index (χ1v) is 10.2. The van der Waals surface area contributed by atoms with Gasteiger partial charge in [0, 0.05) is 11.7 Å². The number of benzene rings is 2. The van der Waals surface area contributed by atoms with Gasteiger partial charge in [-0.05, 0) is 81.5 Å². The minimum atomic E-state index is -0.731. The van der Waals surface area contributed by atoms with Gasteiger partial charge in [0.05, 0.1) is 18.7 Å². The first kappa shape index (κ1) is 21.7. The molecule has 0 spiro atoms. The number of ether oxygens (including phenoxy) is 1. The van der Waals surface area contributed by atoms with Crippen LogP contribution in [0.3, 0.4) is 0 Å². The largest absolute Gasteiger partial charge is 0.494 e. The highest BCUT2D eigenvalue weighted by Crippen LogP contribution is 2.29. The summed E-state index contributed by atoms with van der Waals surface area (Å²) in [4.78, 5) is 28.9. The van der Waals surface area contributed by atoms with E-state index >= 15 is 0 Å². The first-order valence-electron chi connectivity index (χ1n) is 9.76. The topological polar surface area (TPSA) is 61.9 Å². The van der Waals surface area contributed by atoms with Gasteiger partial charge in [-0.15, -0.1) is 0 Å². The van der Waals surface area contributed by atoms with Gasteiger partial charge in [0.2, 0.25) is 5.91 Å². The van der Waals surface area contributed by atoms with Gasteiger partial charge in [-0.25, -0.2) is 4.39 Å². The molecule has 0 unspecified atom stereocenters. The zero-order valence-corrected chi connectivity index (χ0v) is 17.9. The van der Waals surface area contributed by atoms with Crippen LogP contribution in [-0.2, 0) is 9.59 Å². The van der Waals surface area contributed by atoms with Crippen molar-refractivity contribution < 1.29 is 18.7 Å². The third-order valence-electron chi connectivity index (χ3n) is 4.72. The molecule has 1 fully saturated rings. The molecule has 6 nitrogen and oxygen atoms in total. The zero-order chi connectivity index (χ0) is 21.8. The Morgan fingerprint density at radius 1 is 1.17 bits per heavy atom. The molecule has 0 bridgehead atoms. The van der Waals surface area contributed by atoms with Gasteiger partial charge in [-0.1, -0.05) is 0 Å². The van der Waals surface area contributed by atoms with Crippen molar-refractivity contribution in [2.24, 2.45) is 0 Å². The van der Waals surface area contributed by atoms with Crippen LogP contribution in [-0.4, -0.2) is 40.5 Å². The predicted molar refractivity (Wildman–Crippen MR) is 118 cm³/mol. The third kappa shape index (κ3) is 4.59. The third-order valence-corrected chi connectivity index (χ3v) is 5.12. The number of hydrogen-bond acceptors (Lipinski definition) is 4. The maximum absolute atomic E-state index is 13.3. The Labute approximate surface area is 180 Å². The number of carbonyl (C=O) groups excluding carboxylic acids is 2. The SMILES string of the molecule is CCOc1ccc(NC(=O)C[C@H]2C(=O)N(c3ccc(F)cc3)C(=S)N2C(C)C)cc1. The highest BCUT2D eigenvalue weighted by Gasteiger charge is 2.45. The summed E-state index contributed by atoms with van der Waals surface area (Å²) < 4.78 is 18.7. The molecule has 1 aliphatic heterocycles. The van der Waals surface area contributed by atoms with Crippen molar-refractivity contribution in [1.82, 2.24) is 4.90 Å². The van der Waals surface area contributed by atoms with Gasteiger partial charge in [0.1, 0.15) is 17.6 Å². The van der Waals surface area contributed by atoms with Gasteiger partial charge in [-0.2, -0.15) is 0 Å². The Kier molecular flexibility index (Phi) is 6.66. The number of thiocarbonyl (C=S) groups is 1. The van der Waals surface area contributed by atoms with Gasteiger partial charge >= 0.3 is 0 Å². The van der Waals surface area contributed by atoms with Crippen LogP contribution in [0.5, 0.6) is 5.75 Å². The number of rotatable bonds is 7. The fourth-order valence-corrected chi connectivity index (χ4v) is 3.93. The molecule has 1 N–H and O–H groups in total. The highest BCUT2D eigenvalue weighted by molar-refractivity contribution is 7.80. The molecule has 2 aromatic rings. The highest BCUT2D eigenvalue weighted by atomic mass is 32.1. The van der Waals surface area contributed by atoms with Gasteiger partial charge in [-0.3, -0.25) is 14.5 Å². The monoisotopic (exact) mass is 429 g/mol. The molecule has 0 saturated carbocycles. The molecular weight excluding hydrogens is 405 g/mol. The number of carbonyl (C=O) groups is 2. The minimum Gasteiger partial charge on any atom is -0.494 e. The molecule has 0 aromatic heterocycles. The van der Waals surface area contributed by atoms with Crippen LogP contribution in [0.4, 0.5) is 15.8 Å². The molecule has 30 heavy (non-hydrogen) atoms. The summed E-state index contributed by atoms with van der Waals surface area (Å²) >= 11 is 5.52. The fourth-order valence-electron chi connectivity index (χ4n) is 3.39. The van der Waals surface area contributed by atoms with Crippen LogP contribution in [0.15, 0.2) is 48.5 Å². The van der Waals surface area contributed by atoms with Crippen molar-refractivity contribution in [3.8, 4) is 5.75 Å². The zero-order valence-electron chi connectivity index (χ0n) is 17.1. The second-order valence-electron chi connectivity index (χ2n) is 7.16. The quantitative estimate of drug-likeness (QED) is 0.675. The molecule has 0 radical (unpaired) electrons. The average Bonchev–Trinajstić information content (AvgIpc) is 2.94. The van der Waals surface area contributed by atoms with Gasteiger partial charge in [0.25, 0.3) is 5.91 Å². The average molecular weight is 430 g/mol. The number of nitrogens with zero attached hydrogens (tertiary/aromatic N) is 2. The van der Waals surface area contributed by atoms with E-state index in [1.807, 2.05) is 20.8 Å². The standard InChI is InChI=1S/C22H24FN3O3S/c1-4-29-18-11-7-16(8-12-18)24-20(27)13-19-21(28)26(22(30)25(19)14(2)3)17-9-5-15(23)6-10-17/h5-12,14,19H,4,13H2,1-3H3,(H,24,27)/t19-/m0/s1. The van der Waals surface area contributed by atoms with Gasteiger partial charge < -0.3 is 15.0 Å². The Morgan fingerprint density at radius 2 is 1.80 bits per heavy atom. The maximum atomic E-state index is 13.3. The van der Waals surface area contributed by atoms with E-state index in [0.29, 0.717) is 28.8 Å². The maximum Gasteiger partial charge on any atom is 0.256 e. The lowest BCUT2D eigenvalue weighted by molar-refractivity contribution is -0.124. The van der Waals surface area contributed by atoms with Crippen molar-refractivity contribution in [1.29, 1.82) is 0 Å². The second-order valence-corrected chi connectivity index (χ2v) is 7.52. The molecular formula is C22H24FN3O3S. The molecule has 1 aliphatic rings. The van der Waals surface area contributed by atoms with Gasteiger partial charge in [0.15, 0.2) is 5.11 Å². The van der Waals surface area contributed by atoms with E-state index in [4.69, 9.17) is 17.0 Å². The van der Waals surface area contributed by atoms with E-state index in [2.05, 4.69) is 5.32 Å². The Balaban J connectivity index is 1.75. The van der Waals surface area contributed by atoms with Crippen LogP contribution in [0, 0.1) is 5.82 Å². The number of nitrogens with one attached hydrogen (secondary N) is 1. The molecule has 8 heteroatoms. The van der Waals surface area contributed by atoms with Crippen LogP contribution in [0.1, 0.15) is 27.2 Å². The van der Waals surface area contributed by atoms with Crippen LogP contribution in [0.25, 0.3) is 0 Å². The molecule has 2 amide bonds. The van der Waals surface area contributed by atoms with Crippen LogP contribution >= 0.6 is 12.2 Å². The number of halogens is 1. The molecule has 1 atom stereocenters. The summed E-state index contributed by atoms with van der Waals surface area (Å²) in [5.41, 5.74) is 1.09. The molecule has 1 heterocycles. The summed E-state index contributed by atoms with van der Waals surface area (Å²) in [5.74, 6) is -0.287. The Bertz CT molecular complexity index is 932. The van der Waals surface area contributed by atoms with Crippen molar-refractivity contribution in [2.45, 2.75) is 39.3 Å². The Hall–Kier alpha value is -3.00. The van der Waals surface area contributed by atoms with Crippen LogP contribution < -0.4 is 15.0 Å². The second kappa shape index (κ2) is 9.21. The van der Waals surface area contributed by atoms with Crippen molar-refractivity contribution in [2.75, 3.05) is 16.8 Å². The van der Waals surface area contributed by atoms with E-state index in [-0.39, 0.29) is 24.3 Å². The van der Waals surface area contributed by atoms with E-state index in [1.165, 1.54) is 29.2 Å². The summed E-state index contributed by atoms with van der Waals surface area (Å²) in [6.45, 7) is 6.27. The molecule has 0 aliphatic carbocycles. The fraction of sp³-hybridized carbons (Fsp3) is 0.318. The summed E-state index contributed by atoms with van der Waals surface area (Å²) in [6, 6.07) is 11.8. The lowest BCUT2D eigenvalue weighted by atomic mass is 10.1. The van der Waals surface area contributed by atoms with E-state index < -0.39 is 11.9 Å². The number of anilines is 2. The summed E-state index contributed by atoms with van der Waals surface area (Å²) in [5, 5.41) is 3.12. The number of amides is 2. The lowest BCUT2D eigenvalue weighted by Crippen LogP contribution is -2.42. The van der Waals surface area contributed by atoms with E-state index in [1.54, 1.807) is 29.2 Å². The van der Waals surface area contributed by atoms with E-state index in [0.717, 1.165) is 0 Å². The predicted octanol–water partition coefficient (Wildman–Crippen LogP) is 3.96. The smallest absolute Gasteiger partial charge is 0.256 e. The molecule has 1 saturated heterocycles. The van der Waals surface area contributed by atoms with E-state index in [9.17, 15) is 14.0 Å². The first-order chi connectivity index (χ1) is 14.3. The van der Waals surface area contributed by atoms with Crippen molar-refractivity contribution in [3.63, 3.8) is 0 Å². The summed E-state index contributed by atoms with van der Waals surface area (Å²) in [7, 11) is 0. The molecule has 2 aromatic carbocycles. The van der Waals surface area contributed by atoms with Crippen molar-refractivity contribution in [3.05, 3.63) is 54.3 Å². The molecule has 158 valence electrons. The lowest BCUT2D eigenvalue weighted by Gasteiger charge is -2.27. The van der Waals surface area contributed by atoms with Crippen LogP contribution in [0.2, 0.25) is 0 Å². The number of hydrogen-bond donors (Lipinski definition) is 1. The Morgan fingerprint density at radius 3 is 2.37 bits per heavy atom. The van der Waals surface area contributed by atoms with Crippen molar-refractivity contribution >= 4 is 40.5 Å². The summed E-state index contributed by atoms with van der Waals surface area (Å²) in [6.07, 6.45) is -0.0535.